The molecule has 3 amide bonds. The summed E-state index contributed by atoms with van der Waals surface area (Å²) in [5, 5.41) is 4.53. The molecule has 2 atom stereocenters. The summed E-state index contributed by atoms with van der Waals surface area (Å²) in [5.41, 5.74) is 6.78. The Balaban J connectivity index is 1.22. The molecular weight excluding hydrogens is 670 g/mol. The summed E-state index contributed by atoms with van der Waals surface area (Å²) in [6, 6.07) is 14.7. The first-order valence-electron chi connectivity index (χ1n) is 18.6. The highest BCUT2D eigenvalue weighted by Crippen LogP contribution is 2.42. The van der Waals surface area contributed by atoms with Gasteiger partial charge in [-0.3, -0.25) is 9.59 Å². The maximum absolute atomic E-state index is 13.2. The maximum Gasteiger partial charge on any atom is 0.407 e. The van der Waals surface area contributed by atoms with Gasteiger partial charge in [-0.25, -0.2) is 14.8 Å². The van der Waals surface area contributed by atoms with Crippen molar-refractivity contribution in [2.24, 2.45) is 11.8 Å². The van der Waals surface area contributed by atoms with Crippen molar-refractivity contribution in [1.29, 1.82) is 0 Å². The minimum Gasteiger partial charge on any atom is -0.488 e. The first-order valence-corrected chi connectivity index (χ1v) is 18.6. The molecule has 1 aliphatic rings. The molecule has 0 radical (unpaired) electrons. The van der Waals surface area contributed by atoms with Crippen molar-refractivity contribution >= 4 is 39.7 Å². The predicted octanol–water partition coefficient (Wildman–Crippen LogP) is 7.57. The van der Waals surface area contributed by atoms with E-state index in [2.05, 4.69) is 95.2 Å². The van der Waals surface area contributed by atoms with Gasteiger partial charge in [0.2, 0.25) is 11.8 Å². The number of fused-ring (bicyclic) bond motifs is 6. The Kier molecular flexibility index (Phi) is 11.4. The lowest BCUT2D eigenvalue weighted by atomic mass is 9.92. The van der Waals surface area contributed by atoms with Gasteiger partial charge in [-0.05, 0) is 71.5 Å². The molecule has 0 spiro atoms. The molecule has 3 N–H and O–H groups in total. The molecule has 2 aromatic heterocycles. The smallest absolute Gasteiger partial charge is 0.407 e. The molecule has 3 heterocycles. The van der Waals surface area contributed by atoms with E-state index in [1.165, 1.54) is 7.11 Å². The van der Waals surface area contributed by atoms with E-state index >= 15 is 0 Å². The van der Waals surface area contributed by atoms with Crippen LogP contribution in [0.15, 0.2) is 48.7 Å². The summed E-state index contributed by atoms with van der Waals surface area (Å²) >= 11 is 0. The van der Waals surface area contributed by atoms with E-state index in [-0.39, 0.29) is 30.9 Å². The number of methoxy groups -OCH3 is 1. The van der Waals surface area contributed by atoms with Crippen LogP contribution in [-0.2, 0) is 34.0 Å². The fraction of sp³-hybridized carbons (Fsp3) is 0.439. The highest BCUT2D eigenvalue weighted by Gasteiger charge is 2.24. The number of benzene rings is 3. The molecule has 0 saturated heterocycles. The number of rotatable bonds is 14. The number of aromatic nitrogens is 4. The van der Waals surface area contributed by atoms with Gasteiger partial charge < -0.3 is 34.6 Å². The van der Waals surface area contributed by atoms with Gasteiger partial charge in [0, 0.05) is 30.0 Å². The molecule has 12 heteroatoms. The van der Waals surface area contributed by atoms with Gasteiger partial charge in [-0.2, -0.15) is 0 Å². The second-order valence-corrected chi connectivity index (χ2v) is 14.6. The van der Waals surface area contributed by atoms with Crippen LogP contribution in [0.2, 0.25) is 0 Å². The molecular formula is C41H51N7O5. The number of hydrogen-bond donors (Lipinski definition) is 3. The first kappa shape index (κ1) is 37.4. The van der Waals surface area contributed by atoms with Crippen LogP contribution in [-0.4, -0.2) is 73.9 Å². The van der Waals surface area contributed by atoms with E-state index in [1.54, 1.807) is 11.1 Å². The Morgan fingerprint density at radius 3 is 2.49 bits per heavy atom. The average molecular weight is 722 g/mol. The molecule has 5 aromatic rings. The number of H-pyrrole nitrogens is 2. The fourth-order valence-corrected chi connectivity index (χ4v) is 6.81. The molecule has 53 heavy (non-hydrogen) atoms. The minimum absolute atomic E-state index is 0.0474. The number of carbonyl (C=O) groups excluding carboxylic acids is 3. The lowest BCUT2D eigenvalue weighted by molar-refractivity contribution is -0.134. The Morgan fingerprint density at radius 2 is 1.75 bits per heavy atom. The first-order chi connectivity index (χ1) is 25.5. The zero-order chi connectivity index (χ0) is 37.8. The van der Waals surface area contributed by atoms with Crippen molar-refractivity contribution in [3.05, 3.63) is 65.9 Å². The number of alkyl carbamates (subject to hydrolysis) is 1. The summed E-state index contributed by atoms with van der Waals surface area (Å²) in [4.78, 5) is 57.8. The topological polar surface area (TPSA) is 146 Å². The zero-order valence-electron chi connectivity index (χ0n) is 31.8. The van der Waals surface area contributed by atoms with E-state index in [9.17, 15) is 14.4 Å². The van der Waals surface area contributed by atoms with Crippen molar-refractivity contribution < 1.29 is 23.9 Å². The molecule has 12 nitrogen and oxygen atoms in total. The second kappa shape index (κ2) is 16.1. The van der Waals surface area contributed by atoms with Gasteiger partial charge >= 0.3 is 6.09 Å². The lowest BCUT2D eigenvalue weighted by Gasteiger charge is -2.28. The Bertz CT molecular complexity index is 2120. The third-order valence-corrected chi connectivity index (χ3v) is 10.2. The van der Waals surface area contributed by atoms with Crippen molar-refractivity contribution in [3.8, 4) is 28.1 Å². The van der Waals surface area contributed by atoms with Gasteiger partial charge in [0.25, 0.3) is 0 Å². The number of hydrogen-bond acceptors (Lipinski definition) is 7. The fourth-order valence-electron chi connectivity index (χ4n) is 6.81. The molecule has 3 aromatic carbocycles. The molecule has 280 valence electrons. The van der Waals surface area contributed by atoms with Gasteiger partial charge in [-0.1, -0.05) is 59.2 Å². The van der Waals surface area contributed by atoms with Crippen LogP contribution in [0.25, 0.3) is 44.2 Å². The maximum atomic E-state index is 13.2. The summed E-state index contributed by atoms with van der Waals surface area (Å²) in [7, 11) is 1.27. The van der Waals surface area contributed by atoms with E-state index in [0.29, 0.717) is 43.8 Å². The van der Waals surface area contributed by atoms with Crippen molar-refractivity contribution in [3.63, 3.8) is 0 Å². The highest BCUT2D eigenvalue weighted by atomic mass is 16.5. The van der Waals surface area contributed by atoms with Crippen molar-refractivity contribution in [1.82, 2.24) is 35.1 Å². The largest absolute Gasteiger partial charge is 0.488 e. The lowest BCUT2D eigenvalue weighted by Crippen LogP contribution is -2.44. The molecule has 1 aliphatic heterocycles. The summed E-state index contributed by atoms with van der Waals surface area (Å²) < 4.78 is 11.0. The second-order valence-electron chi connectivity index (χ2n) is 14.6. The van der Waals surface area contributed by atoms with Crippen LogP contribution < -0.4 is 10.1 Å². The van der Waals surface area contributed by atoms with Gasteiger partial charge in [0.05, 0.1) is 43.1 Å². The standard InChI is InChI=1S/C41H51N7O5/c1-8-25(5)14-38(49)47(20-24(3)4)21-37-44-33-13-11-27-16-32-30-12-10-28(15-29(30)23-53-35(32)17-31(27)40(33)46-37)34-18-42-36(45-34)22-48(26(6)9-2)39(50)19-43-41(51)52-7/h10-13,15-18,24-26H,8-9,14,19-23H2,1-7H3,(H,42,45)(H,43,51)(H,44,46)/t25?,26-/m0/s1. The Morgan fingerprint density at radius 1 is 0.943 bits per heavy atom. The number of nitrogens with zero attached hydrogens (tertiary/aromatic N) is 4. The van der Waals surface area contributed by atoms with Crippen molar-refractivity contribution in [2.45, 2.75) is 86.5 Å². The summed E-state index contributed by atoms with van der Waals surface area (Å²) in [6.45, 7) is 14.2. The molecule has 6 rings (SSSR count). The molecule has 0 fully saturated rings. The van der Waals surface area contributed by atoms with E-state index in [1.807, 2.05) is 18.7 Å². The third-order valence-electron chi connectivity index (χ3n) is 10.2. The number of nitrogens with one attached hydrogen (secondary N) is 3. The van der Waals surface area contributed by atoms with Gasteiger partial charge in [0.1, 0.15) is 30.5 Å². The SMILES string of the molecule is CCC(C)CC(=O)N(Cc1nc2c(ccc3cc4c(cc32)OCc2cc(-c3cnc(CN(C(=O)CNC(=O)OC)[C@@H](C)CC)[nH]3)ccc2-4)[nH]1)CC(C)C. The van der Waals surface area contributed by atoms with Gasteiger partial charge in [0.15, 0.2) is 0 Å². The minimum atomic E-state index is -0.648. The predicted molar refractivity (Wildman–Crippen MR) is 206 cm³/mol. The molecule has 1 unspecified atom stereocenters. The Hall–Kier alpha value is -5.39. The van der Waals surface area contributed by atoms with Crippen LogP contribution in [0.5, 0.6) is 5.75 Å². The average Bonchev–Trinajstić information content (AvgIpc) is 3.81. The normalized spacial score (nSPS) is 13.3. The van der Waals surface area contributed by atoms with E-state index in [0.717, 1.165) is 74.2 Å². The summed E-state index contributed by atoms with van der Waals surface area (Å²) in [6.07, 6.45) is 3.40. The number of amides is 3. The van der Waals surface area contributed by atoms with Gasteiger partial charge in [-0.15, -0.1) is 0 Å². The molecule has 0 bridgehead atoms. The number of imidazole rings is 2. The number of aromatic amines is 2. The third kappa shape index (κ3) is 8.32. The Labute approximate surface area is 310 Å². The zero-order valence-corrected chi connectivity index (χ0v) is 31.8. The monoisotopic (exact) mass is 721 g/mol. The molecule has 0 saturated carbocycles. The van der Waals surface area contributed by atoms with Crippen LogP contribution in [0.1, 0.15) is 78.0 Å². The van der Waals surface area contributed by atoms with Crippen LogP contribution in [0.4, 0.5) is 4.79 Å². The highest BCUT2D eigenvalue weighted by molar-refractivity contribution is 6.07. The van der Waals surface area contributed by atoms with E-state index in [4.69, 9.17) is 9.72 Å². The van der Waals surface area contributed by atoms with E-state index < -0.39 is 6.09 Å². The van der Waals surface area contributed by atoms with Crippen LogP contribution >= 0.6 is 0 Å². The van der Waals surface area contributed by atoms with Crippen LogP contribution in [0.3, 0.4) is 0 Å². The van der Waals surface area contributed by atoms with Crippen LogP contribution in [0, 0.1) is 11.8 Å². The summed E-state index contributed by atoms with van der Waals surface area (Å²) in [5.74, 6) is 2.88. The number of carbonyl (C=O) groups is 3. The number of ether oxygens (including phenoxy) is 2. The van der Waals surface area contributed by atoms with Crippen molar-refractivity contribution in [2.75, 3.05) is 20.2 Å². The molecule has 0 aliphatic carbocycles. The quantitative estimate of drug-likeness (QED) is 0.107.